The van der Waals surface area contributed by atoms with Crippen LogP contribution < -0.4 is 0 Å². The Bertz CT molecular complexity index is 620. The summed E-state index contributed by atoms with van der Waals surface area (Å²) in [7, 11) is 1.37. The Balaban J connectivity index is 2.62. The van der Waals surface area contributed by atoms with Gasteiger partial charge in [-0.3, -0.25) is 4.79 Å². The number of ether oxygens (including phenoxy) is 3. The molecule has 1 aromatic carbocycles. The normalized spacial score (nSPS) is 13.5. The second-order valence-electron chi connectivity index (χ2n) is 9.19. The maximum Gasteiger partial charge on any atom is 0.339 e. The fourth-order valence-corrected chi connectivity index (χ4v) is 3.57. The summed E-state index contributed by atoms with van der Waals surface area (Å²) in [6, 6.07) is 9.36. The van der Waals surface area contributed by atoms with Crippen molar-refractivity contribution >= 4 is 11.9 Å². The van der Waals surface area contributed by atoms with E-state index in [2.05, 4.69) is 6.92 Å². The van der Waals surface area contributed by atoms with Crippen LogP contribution in [0.1, 0.15) is 97.1 Å². The predicted molar refractivity (Wildman–Crippen MR) is 124 cm³/mol. The molecule has 0 fully saturated rings. The molecule has 2 atom stereocenters. The Hall–Kier alpha value is -1.88. The van der Waals surface area contributed by atoms with Crippen molar-refractivity contribution in [3.05, 3.63) is 35.9 Å². The first-order valence-corrected chi connectivity index (χ1v) is 11.7. The van der Waals surface area contributed by atoms with Gasteiger partial charge in [-0.15, -0.1) is 0 Å². The highest BCUT2D eigenvalue weighted by molar-refractivity contribution is 5.76. The molecule has 0 radical (unpaired) electrons. The molecule has 0 bridgehead atoms. The third-order valence-corrected chi connectivity index (χ3v) is 5.17. The number of unbranched alkanes of at least 4 members (excludes halogenated alkanes) is 5. The highest BCUT2D eigenvalue weighted by atomic mass is 16.6. The number of carbonyl (C=O) groups excluding carboxylic acids is 2. The number of methoxy groups -OCH3 is 1. The minimum atomic E-state index is -0.748. The fourth-order valence-electron chi connectivity index (χ4n) is 3.57. The van der Waals surface area contributed by atoms with Crippen molar-refractivity contribution in [1.29, 1.82) is 0 Å². The van der Waals surface area contributed by atoms with Gasteiger partial charge in [-0.25, -0.2) is 4.79 Å². The van der Waals surface area contributed by atoms with Crippen LogP contribution in [0.3, 0.4) is 0 Å². The Morgan fingerprint density at radius 1 is 0.935 bits per heavy atom. The van der Waals surface area contributed by atoms with Crippen molar-refractivity contribution in [2.75, 3.05) is 13.7 Å². The summed E-state index contributed by atoms with van der Waals surface area (Å²) in [5, 5.41) is 0. The average molecular weight is 435 g/mol. The maximum absolute atomic E-state index is 12.4. The van der Waals surface area contributed by atoms with Crippen LogP contribution in [0.5, 0.6) is 0 Å². The first-order valence-electron chi connectivity index (χ1n) is 11.7. The van der Waals surface area contributed by atoms with Crippen molar-refractivity contribution in [3.8, 4) is 0 Å². The van der Waals surface area contributed by atoms with Crippen LogP contribution in [-0.4, -0.2) is 31.3 Å². The van der Waals surface area contributed by atoms with E-state index in [-0.39, 0.29) is 11.9 Å². The lowest BCUT2D eigenvalue weighted by atomic mass is 9.94. The van der Waals surface area contributed by atoms with Gasteiger partial charge in [0, 0.05) is 13.0 Å². The first kappa shape index (κ1) is 27.2. The molecule has 0 aromatic heterocycles. The Labute approximate surface area is 188 Å². The number of benzene rings is 1. The van der Waals surface area contributed by atoms with Crippen molar-refractivity contribution < 1.29 is 23.8 Å². The first-order chi connectivity index (χ1) is 14.8. The van der Waals surface area contributed by atoms with E-state index in [0.717, 1.165) is 18.4 Å². The lowest BCUT2D eigenvalue weighted by Crippen LogP contribution is -2.26. The van der Waals surface area contributed by atoms with Gasteiger partial charge in [0.15, 0.2) is 6.10 Å². The molecule has 31 heavy (non-hydrogen) atoms. The second-order valence-corrected chi connectivity index (χ2v) is 9.19. The van der Waals surface area contributed by atoms with Gasteiger partial charge in [-0.1, -0.05) is 75.8 Å². The van der Waals surface area contributed by atoms with Gasteiger partial charge in [0.25, 0.3) is 0 Å². The smallest absolute Gasteiger partial charge is 0.339 e. The molecule has 0 saturated heterocycles. The SMILES string of the molecule is CCCCCCCCC(CCOC(C(=O)OC)c1ccccc1)CC(=O)OC(C)(C)C. The minimum Gasteiger partial charge on any atom is -0.467 e. The van der Waals surface area contributed by atoms with Crippen LogP contribution in [0.25, 0.3) is 0 Å². The quantitative estimate of drug-likeness (QED) is 0.236. The average Bonchev–Trinajstić information content (AvgIpc) is 2.72. The largest absolute Gasteiger partial charge is 0.467 e. The number of hydrogen-bond acceptors (Lipinski definition) is 5. The van der Waals surface area contributed by atoms with Crippen LogP contribution >= 0.6 is 0 Å². The summed E-state index contributed by atoms with van der Waals surface area (Å²) in [6.45, 7) is 8.26. The molecule has 1 aromatic rings. The molecule has 0 amide bonds. The highest BCUT2D eigenvalue weighted by Gasteiger charge is 2.24. The van der Waals surface area contributed by atoms with Crippen molar-refractivity contribution in [2.45, 2.75) is 97.2 Å². The van der Waals surface area contributed by atoms with Crippen molar-refractivity contribution in [1.82, 2.24) is 0 Å². The molecule has 0 saturated carbocycles. The summed E-state index contributed by atoms with van der Waals surface area (Å²) in [5.41, 5.74) is 0.288. The Morgan fingerprint density at radius 3 is 2.19 bits per heavy atom. The molecule has 0 aliphatic heterocycles. The zero-order chi connectivity index (χ0) is 23.1. The minimum absolute atomic E-state index is 0.170. The number of hydrogen-bond donors (Lipinski definition) is 0. The summed E-state index contributed by atoms with van der Waals surface area (Å²) in [6.07, 6.45) is 8.60. The van der Waals surface area contributed by atoms with Crippen LogP contribution in [0.2, 0.25) is 0 Å². The van der Waals surface area contributed by atoms with E-state index < -0.39 is 17.7 Å². The predicted octanol–water partition coefficient (Wildman–Crippen LogP) is 6.41. The molecule has 2 unspecified atom stereocenters. The third-order valence-electron chi connectivity index (χ3n) is 5.17. The van der Waals surface area contributed by atoms with Crippen molar-refractivity contribution in [3.63, 3.8) is 0 Å². The Morgan fingerprint density at radius 2 is 1.58 bits per heavy atom. The van der Waals surface area contributed by atoms with Gasteiger partial charge in [0.2, 0.25) is 0 Å². The molecular formula is C26H42O5. The fraction of sp³-hybridized carbons (Fsp3) is 0.692. The number of carbonyl (C=O) groups is 2. The second kappa shape index (κ2) is 15.0. The summed E-state index contributed by atoms with van der Waals surface area (Å²) < 4.78 is 16.4. The molecule has 5 heteroatoms. The molecule has 0 aliphatic carbocycles. The molecule has 0 N–H and O–H groups in total. The van der Waals surface area contributed by atoms with E-state index in [0.29, 0.717) is 19.4 Å². The topological polar surface area (TPSA) is 61.8 Å². The molecule has 5 nitrogen and oxygen atoms in total. The van der Waals surface area contributed by atoms with Gasteiger partial charge >= 0.3 is 11.9 Å². The summed E-state index contributed by atoms with van der Waals surface area (Å²) in [5.74, 6) is -0.406. The Kier molecular flexibility index (Phi) is 13.1. The lowest BCUT2D eigenvalue weighted by Gasteiger charge is -2.23. The lowest BCUT2D eigenvalue weighted by molar-refractivity contribution is -0.158. The van der Waals surface area contributed by atoms with Crippen LogP contribution in [-0.2, 0) is 23.8 Å². The molecular weight excluding hydrogens is 392 g/mol. The van der Waals surface area contributed by atoms with Gasteiger partial charge in [0.05, 0.1) is 7.11 Å². The van der Waals surface area contributed by atoms with E-state index in [1.54, 1.807) is 0 Å². The third kappa shape index (κ3) is 12.5. The van der Waals surface area contributed by atoms with E-state index >= 15 is 0 Å². The molecule has 1 rings (SSSR count). The number of esters is 2. The van der Waals surface area contributed by atoms with E-state index in [9.17, 15) is 9.59 Å². The van der Waals surface area contributed by atoms with Crippen molar-refractivity contribution in [2.24, 2.45) is 5.92 Å². The zero-order valence-electron chi connectivity index (χ0n) is 20.2. The van der Waals surface area contributed by atoms with Gasteiger partial charge in [0.1, 0.15) is 5.60 Å². The standard InChI is InChI=1S/C26H42O5/c1-6-7-8-9-10-12-15-21(20-23(27)31-26(2,3)4)18-19-30-24(25(28)29-5)22-16-13-11-14-17-22/h11,13-14,16-17,21,24H,6-10,12,15,18-20H2,1-5H3. The monoisotopic (exact) mass is 434 g/mol. The summed E-state index contributed by atoms with van der Waals surface area (Å²) in [4.78, 5) is 24.6. The highest BCUT2D eigenvalue weighted by Crippen LogP contribution is 2.24. The molecule has 176 valence electrons. The van der Waals surface area contributed by atoms with Crippen LogP contribution in [0.4, 0.5) is 0 Å². The summed E-state index contributed by atoms with van der Waals surface area (Å²) >= 11 is 0. The van der Waals surface area contributed by atoms with Gasteiger partial charge < -0.3 is 14.2 Å². The van der Waals surface area contributed by atoms with Crippen LogP contribution in [0.15, 0.2) is 30.3 Å². The van der Waals surface area contributed by atoms with Gasteiger partial charge in [-0.2, -0.15) is 0 Å². The maximum atomic E-state index is 12.4. The molecule has 0 spiro atoms. The molecule has 0 heterocycles. The van der Waals surface area contributed by atoms with E-state index in [1.807, 2.05) is 51.1 Å². The van der Waals surface area contributed by atoms with E-state index in [1.165, 1.54) is 39.2 Å². The molecule has 0 aliphatic rings. The van der Waals surface area contributed by atoms with Gasteiger partial charge in [-0.05, 0) is 45.1 Å². The van der Waals surface area contributed by atoms with Crippen LogP contribution in [0, 0.1) is 5.92 Å². The van der Waals surface area contributed by atoms with E-state index in [4.69, 9.17) is 14.2 Å². The number of rotatable bonds is 15. The zero-order valence-corrected chi connectivity index (χ0v) is 20.2.